The minimum absolute atomic E-state index is 0.317. The van der Waals surface area contributed by atoms with Crippen molar-refractivity contribution in [2.24, 2.45) is 5.92 Å². The van der Waals surface area contributed by atoms with Crippen LogP contribution in [0.15, 0.2) is 54.9 Å². The molecule has 0 amide bonds. The van der Waals surface area contributed by atoms with Crippen LogP contribution in [0.4, 0.5) is 0 Å². The van der Waals surface area contributed by atoms with Gasteiger partial charge in [0.25, 0.3) is 0 Å². The Kier molecular flexibility index (Phi) is 4.77. The first-order chi connectivity index (χ1) is 11.1. The van der Waals surface area contributed by atoms with E-state index < -0.39 is 0 Å². The number of hydrogen-bond acceptors (Lipinski definition) is 2. The van der Waals surface area contributed by atoms with Crippen molar-refractivity contribution in [3.8, 4) is 0 Å². The maximum absolute atomic E-state index is 4.43. The lowest BCUT2D eigenvalue weighted by Gasteiger charge is -2.15. The van der Waals surface area contributed by atoms with Crippen molar-refractivity contribution in [3.63, 3.8) is 0 Å². The van der Waals surface area contributed by atoms with Gasteiger partial charge in [0.05, 0.1) is 11.9 Å². The van der Waals surface area contributed by atoms with Crippen molar-refractivity contribution < 1.29 is 0 Å². The van der Waals surface area contributed by atoms with Gasteiger partial charge in [-0.15, -0.1) is 0 Å². The molecule has 0 radical (unpaired) electrons. The highest BCUT2D eigenvalue weighted by atomic mass is 15.0. The Labute approximate surface area is 138 Å². The molecular formula is C20H25N3. The van der Waals surface area contributed by atoms with Gasteiger partial charge in [0.15, 0.2) is 0 Å². The summed E-state index contributed by atoms with van der Waals surface area (Å²) in [7, 11) is 0. The minimum Gasteiger partial charge on any atom is -0.305 e. The van der Waals surface area contributed by atoms with E-state index in [1.54, 1.807) is 0 Å². The van der Waals surface area contributed by atoms with E-state index in [1.807, 2.05) is 24.4 Å². The molecule has 1 N–H and O–H groups in total. The minimum atomic E-state index is 0.317. The number of imidazole rings is 1. The molecule has 3 heteroatoms. The van der Waals surface area contributed by atoms with Gasteiger partial charge in [-0.25, -0.2) is 4.98 Å². The summed E-state index contributed by atoms with van der Waals surface area (Å²) >= 11 is 0. The van der Waals surface area contributed by atoms with Crippen molar-refractivity contribution in [2.75, 3.05) is 0 Å². The fourth-order valence-corrected chi connectivity index (χ4v) is 2.91. The number of pyridine rings is 1. The van der Waals surface area contributed by atoms with E-state index in [-0.39, 0.29) is 0 Å². The number of benzene rings is 1. The van der Waals surface area contributed by atoms with E-state index in [1.165, 1.54) is 16.8 Å². The van der Waals surface area contributed by atoms with E-state index in [2.05, 4.69) is 65.9 Å². The second kappa shape index (κ2) is 6.97. The predicted octanol–water partition coefficient (Wildman–Crippen LogP) is 4.38. The van der Waals surface area contributed by atoms with Gasteiger partial charge in [-0.2, -0.15) is 0 Å². The van der Waals surface area contributed by atoms with Crippen molar-refractivity contribution in [1.29, 1.82) is 0 Å². The maximum atomic E-state index is 4.43. The SMILES string of the molecule is CC(C)Cc1ccc(C(C)NCc2cnc3ccccn23)cc1. The number of hydrogen-bond donors (Lipinski definition) is 1. The van der Waals surface area contributed by atoms with E-state index in [0.29, 0.717) is 12.0 Å². The van der Waals surface area contributed by atoms with Gasteiger partial charge in [0, 0.05) is 18.8 Å². The molecule has 0 aliphatic heterocycles. The average Bonchev–Trinajstić information content (AvgIpc) is 2.96. The Bertz CT molecular complexity index is 756. The number of fused-ring (bicyclic) bond motifs is 1. The van der Waals surface area contributed by atoms with Crippen molar-refractivity contribution in [3.05, 3.63) is 71.7 Å². The largest absolute Gasteiger partial charge is 0.305 e. The van der Waals surface area contributed by atoms with Crippen LogP contribution in [-0.2, 0) is 13.0 Å². The molecule has 0 fully saturated rings. The van der Waals surface area contributed by atoms with Gasteiger partial charge in [0.2, 0.25) is 0 Å². The molecule has 3 nitrogen and oxygen atoms in total. The van der Waals surface area contributed by atoms with Crippen molar-refractivity contribution >= 4 is 5.65 Å². The molecule has 1 atom stereocenters. The molecule has 3 aromatic rings. The first-order valence-corrected chi connectivity index (χ1v) is 8.36. The molecule has 0 aliphatic rings. The summed E-state index contributed by atoms with van der Waals surface area (Å²) in [5, 5.41) is 3.59. The number of rotatable bonds is 6. The molecule has 0 spiro atoms. The Hall–Kier alpha value is -2.13. The van der Waals surface area contributed by atoms with Crippen LogP contribution in [-0.4, -0.2) is 9.38 Å². The highest BCUT2D eigenvalue weighted by Crippen LogP contribution is 2.16. The quantitative estimate of drug-likeness (QED) is 0.732. The molecule has 0 saturated carbocycles. The van der Waals surface area contributed by atoms with Gasteiger partial charge in [0.1, 0.15) is 5.65 Å². The van der Waals surface area contributed by atoms with E-state index in [9.17, 15) is 0 Å². The molecule has 2 heterocycles. The zero-order valence-corrected chi connectivity index (χ0v) is 14.2. The van der Waals surface area contributed by atoms with Crippen LogP contribution in [0.3, 0.4) is 0 Å². The van der Waals surface area contributed by atoms with Gasteiger partial charge >= 0.3 is 0 Å². The zero-order chi connectivity index (χ0) is 16.2. The Morgan fingerprint density at radius 2 is 1.83 bits per heavy atom. The zero-order valence-electron chi connectivity index (χ0n) is 14.2. The Morgan fingerprint density at radius 1 is 1.04 bits per heavy atom. The first-order valence-electron chi connectivity index (χ1n) is 8.36. The summed E-state index contributed by atoms with van der Waals surface area (Å²) in [5.41, 5.74) is 4.92. The molecule has 23 heavy (non-hydrogen) atoms. The normalized spacial score (nSPS) is 12.9. The van der Waals surface area contributed by atoms with E-state index in [4.69, 9.17) is 0 Å². The maximum Gasteiger partial charge on any atom is 0.136 e. The smallest absolute Gasteiger partial charge is 0.136 e. The van der Waals surface area contributed by atoms with Gasteiger partial charge in [-0.3, -0.25) is 0 Å². The highest BCUT2D eigenvalue weighted by molar-refractivity contribution is 5.39. The van der Waals surface area contributed by atoms with Crippen LogP contribution in [0.25, 0.3) is 5.65 Å². The van der Waals surface area contributed by atoms with E-state index in [0.717, 1.165) is 18.6 Å². The van der Waals surface area contributed by atoms with Crippen LogP contribution in [0, 0.1) is 5.92 Å². The molecule has 3 rings (SSSR count). The van der Waals surface area contributed by atoms with Crippen LogP contribution >= 0.6 is 0 Å². The summed E-state index contributed by atoms with van der Waals surface area (Å²) in [6.07, 6.45) is 5.15. The van der Waals surface area contributed by atoms with E-state index >= 15 is 0 Å². The molecule has 2 aromatic heterocycles. The third-order valence-electron chi connectivity index (χ3n) is 4.21. The summed E-state index contributed by atoms with van der Waals surface area (Å²) in [5.74, 6) is 0.701. The third kappa shape index (κ3) is 3.80. The fraction of sp³-hybridized carbons (Fsp3) is 0.350. The van der Waals surface area contributed by atoms with Gasteiger partial charge in [-0.1, -0.05) is 44.2 Å². The topological polar surface area (TPSA) is 29.3 Å². The van der Waals surface area contributed by atoms with Crippen LogP contribution in [0.2, 0.25) is 0 Å². The van der Waals surface area contributed by atoms with Crippen LogP contribution in [0.5, 0.6) is 0 Å². The summed E-state index contributed by atoms with van der Waals surface area (Å²) < 4.78 is 2.13. The highest BCUT2D eigenvalue weighted by Gasteiger charge is 2.08. The number of aromatic nitrogens is 2. The van der Waals surface area contributed by atoms with Gasteiger partial charge in [-0.05, 0) is 42.5 Å². The fourth-order valence-electron chi connectivity index (χ4n) is 2.91. The lowest BCUT2D eigenvalue weighted by Crippen LogP contribution is -2.19. The van der Waals surface area contributed by atoms with Crippen LogP contribution in [0.1, 0.15) is 43.6 Å². The molecule has 1 aromatic carbocycles. The molecular weight excluding hydrogens is 282 g/mol. The van der Waals surface area contributed by atoms with Crippen molar-refractivity contribution in [1.82, 2.24) is 14.7 Å². The first kappa shape index (κ1) is 15.8. The summed E-state index contributed by atoms with van der Waals surface area (Å²) in [6, 6.07) is 15.4. The van der Waals surface area contributed by atoms with Crippen molar-refractivity contribution in [2.45, 2.75) is 39.8 Å². The summed E-state index contributed by atoms with van der Waals surface area (Å²) in [4.78, 5) is 4.43. The number of nitrogens with zero attached hydrogens (tertiary/aromatic N) is 2. The molecule has 0 aliphatic carbocycles. The average molecular weight is 307 g/mol. The molecule has 0 saturated heterocycles. The third-order valence-corrected chi connectivity index (χ3v) is 4.21. The Morgan fingerprint density at radius 3 is 2.57 bits per heavy atom. The van der Waals surface area contributed by atoms with Gasteiger partial charge < -0.3 is 9.72 Å². The summed E-state index contributed by atoms with van der Waals surface area (Å²) in [6.45, 7) is 7.53. The molecule has 1 unspecified atom stereocenters. The number of nitrogens with one attached hydrogen (secondary N) is 1. The Balaban J connectivity index is 1.64. The second-order valence-electron chi connectivity index (χ2n) is 6.62. The monoisotopic (exact) mass is 307 g/mol. The predicted molar refractivity (Wildman–Crippen MR) is 95.4 cm³/mol. The van der Waals surface area contributed by atoms with Crippen LogP contribution < -0.4 is 5.32 Å². The lowest BCUT2D eigenvalue weighted by molar-refractivity contribution is 0.565. The lowest BCUT2D eigenvalue weighted by atomic mass is 10.00. The molecule has 120 valence electrons. The standard InChI is InChI=1S/C20H25N3/c1-15(2)12-17-7-9-18(10-8-17)16(3)21-13-19-14-22-20-6-4-5-11-23(19)20/h4-11,14-16,21H,12-13H2,1-3H3. The second-order valence-corrected chi connectivity index (χ2v) is 6.62. The molecule has 0 bridgehead atoms.